The van der Waals surface area contributed by atoms with Crippen molar-refractivity contribution in [2.75, 3.05) is 33.3 Å². The average Bonchev–Trinajstić information content (AvgIpc) is 3.13. The largest absolute Gasteiger partial charge is 0.394 e. The second-order valence-electron chi connectivity index (χ2n) is 9.91. The zero-order valence-electron chi connectivity index (χ0n) is 20.1. The van der Waals surface area contributed by atoms with Crippen molar-refractivity contribution >= 4 is 17.7 Å². The van der Waals surface area contributed by atoms with E-state index in [0.29, 0.717) is 19.6 Å². The Bertz CT molecular complexity index is 857. The minimum Gasteiger partial charge on any atom is -0.394 e. The van der Waals surface area contributed by atoms with Crippen LogP contribution in [0.15, 0.2) is 24.3 Å². The number of nitrogens with zero attached hydrogens (tertiary/aromatic N) is 3. The molecule has 2 saturated heterocycles. The van der Waals surface area contributed by atoms with E-state index in [-0.39, 0.29) is 30.2 Å². The number of likely N-dealkylation sites (tertiary alicyclic amines) is 1. The Balaban J connectivity index is 1.85. The molecule has 1 N–H and O–H groups in total. The highest BCUT2D eigenvalue weighted by atomic mass is 16.5. The average molecular weight is 460 g/mol. The molecule has 0 bridgehead atoms. The van der Waals surface area contributed by atoms with Crippen molar-refractivity contribution in [2.24, 2.45) is 17.8 Å². The lowest BCUT2D eigenvalue weighted by Gasteiger charge is -2.40. The predicted octanol–water partition coefficient (Wildman–Crippen LogP) is 1.20. The van der Waals surface area contributed by atoms with Gasteiger partial charge in [-0.25, -0.2) is 0 Å². The Labute approximate surface area is 196 Å². The summed E-state index contributed by atoms with van der Waals surface area (Å²) in [6.07, 6.45) is 9.55. The van der Waals surface area contributed by atoms with Crippen LogP contribution in [-0.2, 0) is 19.1 Å². The number of amides is 3. The minimum absolute atomic E-state index is 0.0119. The van der Waals surface area contributed by atoms with E-state index >= 15 is 0 Å². The summed E-state index contributed by atoms with van der Waals surface area (Å²) in [7, 11) is 1.73. The van der Waals surface area contributed by atoms with Gasteiger partial charge in [0.2, 0.25) is 17.7 Å². The fraction of sp³-hybridized carbons (Fsp3) is 0.720. The highest BCUT2D eigenvalue weighted by Gasteiger charge is 2.72. The van der Waals surface area contributed by atoms with E-state index in [1.807, 2.05) is 38.2 Å². The van der Waals surface area contributed by atoms with Gasteiger partial charge in [-0.1, -0.05) is 57.9 Å². The Morgan fingerprint density at radius 1 is 1.15 bits per heavy atom. The van der Waals surface area contributed by atoms with Crippen molar-refractivity contribution in [3.05, 3.63) is 24.3 Å². The number of carbonyl (C=O) groups excluding carboxylic acids is 3. The van der Waals surface area contributed by atoms with Crippen LogP contribution in [0.2, 0.25) is 0 Å². The van der Waals surface area contributed by atoms with Gasteiger partial charge in [0.25, 0.3) is 0 Å². The second-order valence-corrected chi connectivity index (χ2v) is 9.91. The van der Waals surface area contributed by atoms with Gasteiger partial charge in [0.05, 0.1) is 30.6 Å². The van der Waals surface area contributed by atoms with Crippen molar-refractivity contribution in [1.29, 1.82) is 0 Å². The summed E-state index contributed by atoms with van der Waals surface area (Å²) >= 11 is 0. The van der Waals surface area contributed by atoms with Crippen LogP contribution in [0.1, 0.15) is 40.0 Å². The first-order valence-corrected chi connectivity index (χ1v) is 12.3. The smallest absolute Gasteiger partial charge is 0.249 e. The Morgan fingerprint density at radius 3 is 2.58 bits per heavy atom. The molecule has 2 fully saturated rings. The van der Waals surface area contributed by atoms with Crippen molar-refractivity contribution in [3.8, 4) is 0 Å². The zero-order chi connectivity index (χ0) is 23.9. The maximum absolute atomic E-state index is 14.1. The molecule has 0 aromatic rings. The molecular formula is C25H37N3O5. The SMILES string of the molecule is CCCCN1CC=C[C@]23O[C@@H]4C=CCN(C)C(=O)[C@@H]4[C@H]2C(=O)N([C@@H](CO)[C@@H](C)CC)C3C1=O. The van der Waals surface area contributed by atoms with Crippen molar-refractivity contribution in [1.82, 2.24) is 14.7 Å². The van der Waals surface area contributed by atoms with Crippen LogP contribution in [0.3, 0.4) is 0 Å². The molecule has 182 valence electrons. The van der Waals surface area contributed by atoms with E-state index < -0.39 is 35.6 Å². The van der Waals surface area contributed by atoms with Crippen molar-refractivity contribution in [3.63, 3.8) is 0 Å². The third-order valence-electron chi connectivity index (χ3n) is 8.01. The van der Waals surface area contributed by atoms with Gasteiger partial charge in [0.15, 0.2) is 0 Å². The Kier molecular flexibility index (Phi) is 6.69. The van der Waals surface area contributed by atoms with E-state index in [9.17, 15) is 19.5 Å². The molecule has 1 spiro atoms. The second kappa shape index (κ2) is 9.22. The van der Waals surface area contributed by atoms with Gasteiger partial charge in [-0.2, -0.15) is 0 Å². The molecular weight excluding hydrogens is 422 g/mol. The molecule has 4 heterocycles. The fourth-order valence-corrected chi connectivity index (χ4v) is 5.97. The highest BCUT2D eigenvalue weighted by Crippen LogP contribution is 2.54. The summed E-state index contributed by atoms with van der Waals surface area (Å²) in [5, 5.41) is 10.3. The third kappa shape index (κ3) is 3.62. The summed E-state index contributed by atoms with van der Waals surface area (Å²) in [5.41, 5.74) is -1.22. The number of aliphatic hydroxyl groups is 1. The van der Waals surface area contributed by atoms with Crippen LogP contribution in [0.25, 0.3) is 0 Å². The normalized spacial score (nSPS) is 35.3. The molecule has 4 aliphatic rings. The van der Waals surface area contributed by atoms with Crippen LogP contribution in [-0.4, -0.2) is 94.6 Å². The minimum atomic E-state index is -1.22. The van der Waals surface area contributed by atoms with Gasteiger partial charge in [-0.15, -0.1) is 0 Å². The first-order chi connectivity index (χ1) is 15.8. The molecule has 4 aliphatic heterocycles. The molecule has 0 aromatic heterocycles. The van der Waals surface area contributed by atoms with Crippen LogP contribution in [0, 0.1) is 17.8 Å². The summed E-state index contributed by atoms with van der Waals surface area (Å²) in [6.45, 7) is 7.33. The summed E-state index contributed by atoms with van der Waals surface area (Å²) in [4.78, 5) is 46.4. The first kappa shape index (κ1) is 24.0. The summed E-state index contributed by atoms with van der Waals surface area (Å²) in [5.74, 6) is -2.06. The van der Waals surface area contributed by atoms with Gasteiger partial charge in [-0.3, -0.25) is 14.4 Å². The number of unbranched alkanes of at least 4 members (excludes halogenated alkanes) is 1. The molecule has 8 nitrogen and oxygen atoms in total. The molecule has 0 radical (unpaired) electrons. The van der Waals surface area contributed by atoms with Crippen LogP contribution < -0.4 is 0 Å². The van der Waals surface area contributed by atoms with Crippen LogP contribution in [0.4, 0.5) is 0 Å². The highest BCUT2D eigenvalue weighted by molar-refractivity contribution is 6.00. The lowest BCUT2D eigenvalue weighted by Crippen LogP contribution is -2.59. The van der Waals surface area contributed by atoms with E-state index in [0.717, 1.165) is 19.3 Å². The third-order valence-corrected chi connectivity index (χ3v) is 8.01. The molecule has 1 unspecified atom stereocenters. The Morgan fingerprint density at radius 2 is 1.91 bits per heavy atom. The number of likely N-dealkylation sites (N-methyl/N-ethyl adjacent to an activating group) is 1. The predicted molar refractivity (Wildman–Crippen MR) is 123 cm³/mol. The molecule has 7 atom stereocenters. The topological polar surface area (TPSA) is 90.4 Å². The number of fused-ring (bicyclic) bond motifs is 2. The van der Waals surface area contributed by atoms with Crippen LogP contribution in [0.5, 0.6) is 0 Å². The van der Waals surface area contributed by atoms with Gasteiger partial charge in [-0.05, 0) is 12.3 Å². The van der Waals surface area contributed by atoms with E-state index in [4.69, 9.17) is 4.74 Å². The molecule has 8 heteroatoms. The van der Waals surface area contributed by atoms with Gasteiger partial charge >= 0.3 is 0 Å². The fourth-order valence-electron chi connectivity index (χ4n) is 5.97. The number of carbonyl (C=O) groups is 3. The zero-order valence-corrected chi connectivity index (χ0v) is 20.1. The summed E-state index contributed by atoms with van der Waals surface area (Å²) < 4.78 is 6.58. The monoisotopic (exact) mass is 459 g/mol. The van der Waals surface area contributed by atoms with Gasteiger partial charge < -0.3 is 24.5 Å². The molecule has 0 aromatic carbocycles. The Hall–Kier alpha value is -2.19. The van der Waals surface area contributed by atoms with Gasteiger partial charge in [0, 0.05) is 26.7 Å². The van der Waals surface area contributed by atoms with Crippen LogP contribution >= 0.6 is 0 Å². The number of aliphatic hydroxyl groups excluding tert-OH is 1. The molecule has 0 aliphatic carbocycles. The lowest BCUT2D eigenvalue weighted by molar-refractivity contribution is -0.152. The van der Waals surface area contributed by atoms with Crippen molar-refractivity contribution < 1.29 is 24.2 Å². The standard InChI is InChI=1S/C25H37N3O5/c1-5-7-13-27-14-9-11-25-20(19-18(33-25)10-8-12-26(4)22(19)30)23(31)28(21(25)24(27)32)17(15-29)16(3)6-2/h8-11,16-21,29H,5-7,12-15H2,1-4H3/t16-,17-,18+,19-,20-,21?,25-/m0/s1. The summed E-state index contributed by atoms with van der Waals surface area (Å²) in [6, 6.07) is -1.41. The molecule has 0 saturated carbocycles. The quantitative estimate of drug-likeness (QED) is 0.578. The number of hydrogen-bond acceptors (Lipinski definition) is 5. The molecule has 3 amide bonds. The number of rotatable bonds is 7. The van der Waals surface area contributed by atoms with Gasteiger partial charge in [0.1, 0.15) is 11.6 Å². The molecule has 33 heavy (non-hydrogen) atoms. The van der Waals surface area contributed by atoms with E-state index in [2.05, 4.69) is 6.92 Å². The van der Waals surface area contributed by atoms with E-state index in [1.165, 1.54) is 0 Å². The maximum atomic E-state index is 14.1. The maximum Gasteiger partial charge on any atom is 0.249 e. The lowest BCUT2D eigenvalue weighted by atomic mass is 9.77. The van der Waals surface area contributed by atoms with E-state index in [1.54, 1.807) is 21.7 Å². The van der Waals surface area contributed by atoms with Crippen molar-refractivity contribution in [2.45, 2.75) is 63.8 Å². The molecule has 4 rings (SSSR count). The number of ether oxygens (including phenoxy) is 1. The number of hydrogen-bond donors (Lipinski definition) is 1. The first-order valence-electron chi connectivity index (χ1n) is 12.3.